The van der Waals surface area contributed by atoms with E-state index < -0.39 is 0 Å². The van der Waals surface area contributed by atoms with E-state index in [2.05, 4.69) is 10.8 Å². The Kier molecular flexibility index (Phi) is 4.79. The number of urea groups is 1. The number of anilines is 1. The van der Waals surface area contributed by atoms with Gasteiger partial charge in [-0.05, 0) is 30.5 Å². The molecule has 0 bridgehead atoms. The Labute approximate surface area is 95.9 Å². The minimum absolute atomic E-state index is 0.355. The van der Waals surface area contributed by atoms with Crippen LogP contribution in [0, 0.1) is 12.8 Å². The van der Waals surface area contributed by atoms with Gasteiger partial charge in [-0.25, -0.2) is 10.3 Å². The molecule has 1 aromatic carbocycles. The molecule has 0 saturated carbocycles. The van der Waals surface area contributed by atoms with Crippen LogP contribution < -0.4 is 10.8 Å². The maximum atomic E-state index is 11.4. The van der Waals surface area contributed by atoms with E-state index in [1.165, 1.54) is 0 Å². The Morgan fingerprint density at radius 1 is 1.44 bits per heavy atom. The van der Waals surface area contributed by atoms with Crippen molar-refractivity contribution < 1.29 is 9.63 Å². The molecule has 2 amide bonds. The Hall–Kier alpha value is -1.55. The zero-order valence-corrected chi connectivity index (χ0v) is 9.91. The molecule has 0 aliphatic rings. The number of carbonyl (C=O) groups excluding carboxylic acids is 1. The lowest BCUT2D eigenvalue weighted by Crippen LogP contribution is -2.30. The predicted molar refractivity (Wildman–Crippen MR) is 64.1 cm³/mol. The van der Waals surface area contributed by atoms with E-state index in [1.54, 1.807) is 0 Å². The van der Waals surface area contributed by atoms with Crippen molar-refractivity contribution in [3.63, 3.8) is 0 Å². The average Bonchev–Trinajstić information content (AvgIpc) is 2.16. The number of rotatable bonds is 4. The van der Waals surface area contributed by atoms with Crippen molar-refractivity contribution in [2.45, 2.75) is 20.8 Å². The van der Waals surface area contributed by atoms with Gasteiger partial charge >= 0.3 is 6.03 Å². The number of hydrogen-bond donors (Lipinski definition) is 2. The summed E-state index contributed by atoms with van der Waals surface area (Å²) in [6.07, 6.45) is 0. The summed E-state index contributed by atoms with van der Waals surface area (Å²) in [5.41, 5.74) is 4.19. The van der Waals surface area contributed by atoms with E-state index in [9.17, 15) is 4.79 Å². The molecule has 2 N–H and O–H groups in total. The summed E-state index contributed by atoms with van der Waals surface area (Å²) in [5.74, 6) is 0.388. The number of hydrogen-bond acceptors (Lipinski definition) is 2. The minimum atomic E-state index is -0.355. The van der Waals surface area contributed by atoms with E-state index in [4.69, 9.17) is 4.84 Å². The van der Waals surface area contributed by atoms with Crippen molar-refractivity contribution in [1.29, 1.82) is 0 Å². The van der Waals surface area contributed by atoms with Crippen molar-refractivity contribution in [3.05, 3.63) is 29.8 Å². The van der Waals surface area contributed by atoms with Gasteiger partial charge in [-0.15, -0.1) is 0 Å². The Balaban J connectivity index is 2.34. The van der Waals surface area contributed by atoms with E-state index >= 15 is 0 Å². The Morgan fingerprint density at radius 3 is 2.81 bits per heavy atom. The highest BCUT2D eigenvalue weighted by molar-refractivity contribution is 5.88. The molecular formula is C12H18N2O2. The first-order chi connectivity index (χ1) is 7.58. The van der Waals surface area contributed by atoms with E-state index in [0.29, 0.717) is 12.5 Å². The van der Waals surface area contributed by atoms with Crippen LogP contribution in [0.15, 0.2) is 24.3 Å². The maximum Gasteiger partial charge on any atom is 0.343 e. The number of benzene rings is 1. The number of aryl methyl sites for hydroxylation is 1. The van der Waals surface area contributed by atoms with Crippen LogP contribution in [-0.4, -0.2) is 12.6 Å². The third-order valence-electron chi connectivity index (χ3n) is 1.86. The van der Waals surface area contributed by atoms with Crippen LogP contribution in [0.2, 0.25) is 0 Å². The molecule has 0 heterocycles. The lowest BCUT2D eigenvalue weighted by atomic mass is 10.2. The molecule has 0 unspecified atom stereocenters. The molecule has 0 aliphatic carbocycles. The van der Waals surface area contributed by atoms with Gasteiger partial charge < -0.3 is 5.32 Å². The van der Waals surface area contributed by atoms with Crippen molar-refractivity contribution in [3.8, 4) is 0 Å². The lowest BCUT2D eigenvalue weighted by molar-refractivity contribution is 0.0482. The summed E-state index contributed by atoms with van der Waals surface area (Å²) in [6, 6.07) is 7.22. The number of amides is 2. The molecule has 0 fully saturated rings. The van der Waals surface area contributed by atoms with Crippen LogP contribution in [0.3, 0.4) is 0 Å². The van der Waals surface area contributed by atoms with Crippen LogP contribution in [0.5, 0.6) is 0 Å². The summed E-state index contributed by atoms with van der Waals surface area (Å²) in [4.78, 5) is 16.4. The molecule has 0 radical (unpaired) electrons. The van der Waals surface area contributed by atoms with Crippen molar-refractivity contribution >= 4 is 11.7 Å². The first-order valence-electron chi connectivity index (χ1n) is 5.33. The highest BCUT2D eigenvalue weighted by Crippen LogP contribution is 2.08. The molecule has 1 aromatic rings. The molecule has 88 valence electrons. The van der Waals surface area contributed by atoms with Crippen LogP contribution in [0.1, 0.15) is 19.4 Å². The summed E-state index contributed by atoms with van der Waals surface area (Å²) >= 11 is 0. The van der Waals surface area contributed by atoms with Crippen LogP contribution in [0.4, 0.5) is 10.5 Å². The summed E-state index contributed by atoms with van der Waals surface area (Å²) in [6.45, 7) is 6.50. The predicted octanol–water partition coefficient (Wildman–Crippen LogP) is 2.70. The first-order valence-corrected chi connectivity index (χ1v) is 5.33. The third kappa shape index (κ3) is 4.79. The highest BCUT2D eigenvalue weighted by Gasteiger charge is 2.01. The number of nitrogens with one attached hydrogen (secondary N) is 2. The smallest absolute Gasteiger partial charge is 0.306 e. The van der Waals surface area contributed by atoms with Gasteiger partial charge in [0.1, 0.15) is 0 Å². The Morgan fingerprint density at radius 2 is 2.19 bits per heavy atom. The first kappa shape index (κ1) is 12.5. The molecule has 0 aliphatic heterocycles. The third-order valence-corrected chi connectivity index (χ3v) is 1.86. The van der Waals surface area contributed by atoms with Gasteiger partial charge in [0.05, 0.1) is 6.61 Å². The fourth-order valence-corrected chi connectivity index (χ4v) is 1.15. The van der Waals surface area contributed by atoms with Gasteiger partial charge in [-0.1, -0.05) is 26.0 Å². The fourth-order valence-electron chi connectivity index (χ4n) is 1.15. The van der Waals surface area contributed by atoms with Gasteiger partial charge in [0, 0.05) is 5.69 Å². The quantitative estimate of drug-likeness (QED) is 0.769. The molecule has 4 nitrogen and oxygen atoms in total. The second kappa shape index (κ2) is 6.12. The molecule has 0 saturated heterocycles. The monoisotopic (exact) mass is 222 g/mol. The minimum Gasteiger partial charge on any atom is -0.306 e. The zero-order chi connectivity index (χ0) is 12.0. The van der Waals surface area contributed by atoms with Crippen LogP contribution in [-0.2, 0) is 4.84 Å². The SMILES string of the molecule is Cc1cccc(NC(=O)NOCC(C)C)c1. The summed E-state index contributed by atoms with van der Waals surface area (Å²) in [5, 5.41) is 2.68. The molecule has 0 atom stereocenters. The van der Waals surface area contributed by atoms with Crippen LogP contribution >= 0.6 is 0 Å². The van der Waals surface area contributed by atoms with E-state index in [0.717, 1.165) is 11.3 Å². The molecule has 1 rings (SSSR count). The fraction of sp³-hybridized carbons (Fsp3) is 0.417. The van der Waals surface area contributed by atoms with Gasteiger partial charge in [0.25, 0.3) is 0 Å². The van der Waals surface area contributed by atoms with E-state index in [1.807, 2.05) is 45.0 Å². The second-order valence-corrected chi connectivity index (χ2v) is 4.13. The lowest BCUT2D eigenvalue weighted by Gasteiger charge is -2.09. The van der Waals surface area contributed by atoms with Crippen molar-refractivity contribution in [2.24, 2.45) is 5.92 Å². The molecule has 0 aromatic heterocycles. The van der Waals surface area contributed by atoms with Gasteiger partial charge in [-0.3, -0.25) is 4.84 Å². The van der Waals surface area contributed by atoms with Crippen molar-refractivity contribution in [1.82, 2.24) is 5.48 Å². The average molecular weight is 222 g/mol. The van der Waals surface area contributed by atoms with Gasteiger partial charge in [0.15, 0.2) is 0 Å². The zero-order valence-electron chi connectivity index (χ0n) is 9.91. The molecule has 0 spiro atoms. The number of carbonyl (C=O) groups is 1. The van der Waals surface area contributed by atoms with Crippen molar-refractivity contribution in [2.75, 3.05) is 11.9 Å². The van der Waals surface area contributed by atoms with Crippen LogP contribution in [0.25, 0.3) is 0 Å². The molecular weight excluding hydrogens is 204 g/mol. The van der Waals surface area contributed by atoms with Gasteiger partial charge in [-0.2, -0.15) is 0 Å². The Bertz CT molecular complexity index is 351. The molecule has 16 heavy (non-hydrogen) atoms. The summed E-state index contributed by atoms with van der Waals surface area (Å²) in [7, 11) is 0. The normalized spacial score (nSPS) is 10.2. The van der Waals surface area contributed by atoms with E-state index in [-0.39, 0.29) is 6.03 Å². The summed E-state index contributed by atoms with van der Waals surface area (Å²) < 4.78 is 0. The maximum absolute atomic E-state index is 11.4. The molecule has 4 heteroatoms. The second-order valence-electron chi connectivity index (χ2n) is 4.13. The standard InChI is InChI=1S/C12H18N2O2/c1-9(2)8-16-14-12(15)13-11-6-4-5-10(3)7-11/h4-7,9H,8H2,1-3H3,(H2,13,14,15). The number of hydroxylamine groups is 1. The van der Waals surface area contributed by atoms with Gasteiger partial charge in [0.2, 0.25) is 0 Å². The largest absolute Gasteiger partial charge is 0.343 e. The highest BCUT2D eigenvalue weighted by atomic mass is 16.7. The topological polar surface area (TPSA) is 50.4 Å².